The van der Waals surface area contributed by atoms with Crippen LogP contribution in [0.3, 0.4) is 0 Å². The van der Waals surface area contributed by atoms with Crippen molar-refractivity contribution >= 4 is 39.0 Å². The molecule has 4 rings (SSSR count). The van der Waals surface area contributed by atoms with Crippen LogP contribution in [0.25, 0.3) is 10.2 Å². The second-order valence-electron chi connectivity index (χ2n) is 7.37. The molecule has 1 saturated heterocycles. The summed E-state index contributed by atoms with van der Waals surface area (Å²) in [5, 5.41) is 12.1. The summed E-state index contributed by atoms with van der Waals surface area (Å²) < 4.78 is 0. The summed E-state index contributed by atoms with van der Waals surface area (Å²) in [6, 6.07) is 5.91. The summed E-state index contributed by atoms with van der Waals surface area (Å²) in [5.74, 6) is 1.60. The van der Waals surface area contributed by atoms with E-state index in [9.17, 15) is 14.9 Å². The van der Waals surface area contributed by atoms with Gasteiger partial charge in [-0.05, 0) is 25.5 Å². The number of fused-ring (bicyclic) bond motifs is 1. The van der Waals surface area contributed by atoms with Gasteiger partial charge < -0.3 is 9.80 Å². The number of thiophene rings is 1. The molecule has 8 nitrogen and oxygen atoms in total. The number of amides is 1. The van der Waals surface area contributed by atoms with Gasteiger partial charge in [0.1, 0.15) is 16.5 Å². The molecule has 0 atom stereocenters. The lowest BCUT2D eigenvalue weighted by molar-refractivity contribution is -0.384. The summed E-state index contributed by atoms with van der Waals surface area (Å²) in [7, 11) is 0. The van der Waals surface area contributed by atoms with E-state index < -0.39 is 4.92 Å². The summed E-state index contributed by atoms with van der Waals surface area (Å²) in [6.07, 6.45) is 0.768. The van der Waals surface area contributed by atoms with Crippen LogP contribution in [0.5, 0.6) is 0 Å². The van der Waals surface area contributed by atoms with Crippen molar-refractivity contribution in [3.05, 3.63) is 56.2 Å². The van der Waals surface area contributed by atoms with Crippen LogP contribution >= 0.6 is 11.3 Å². The fraction of sp³-hybridized carbons (Fsp3) is 0.381. The largest absolute Gasteiger partial charge is 0.352 e. The SMILES string of the molecule is CCc1nc(N2CCN(C(=O)c3cccc([N+](=O)[O-])c3)CC2)c2c(C)c(C)sc2n1. The average Bonchev–Trinajstić information content (AvgIpc) is 3.06. The highest BCUT2D eigenvalue weighted by atomic mass is 32.1. The van der Waals surface area contributed by atoms with Crippen molar-refractivity contribution in [2.24, 2.45) is 0 Å². The van der Waals surface area contributed by atoms with E-state index >= 15 is 0 Å². The van der Waals surface area contributed by atoms with Crippen LogP contribution in [0.15, 0.2) is 24.3 Å². The Morgan fingerprint density at radius 1 is 1.20 bits per heavy atom. The van der Waals surface area contributed by atoms with Crippen molar-refractivity contribution in [1.29, 1.82) is 0 Å². The number of hydrogen-bond donors (Lipinski definition) is 0. The molecule has 0 aliphatic carbocycles. The number of carbonyl (C=O) groups excluding carboxylic acids is 1. The van der Waals surface area contributed by atoms with E-state index in [0.29, 0.717) is 31.7 Å². The van der Waals surface area contributed by atoms with Gasteiger partial charge in [-0.25, -0.2) is 9.97 Å². The lowest BCUT2D eigenvalue weighted by Gasteiger charge is -2.36. The molecule has 0 N–H and O–H groups in total. The first-order valence-corrected chi connectivity index (χ1v) is 10.8. The second-order valence-corrected chi connectivity index (χ2v) is 8.57. The Balaban J connectivity index is 1.56. The minimum absolute atomic E-state index is 0.0711. The smallest absolute Gasteiger partial charge is 0.270 e. The van der Waals surface area contributed by atoms with Crippen molar-refractivity contribution in [1.82, 2.24) is 14.9 Å². The molecule has 9 heteroatoms. The van der Waals surface area contributed by atoms with E-state index in [1.165, 1.54) is 22.6 Å². The van der Waals surface area contributed by atoms with Crippen LogP contribution in [0.2, 0.25) is 0 Å². The minimum atomic E-state index is -0.481. The molecular weight excluding hydrogens is 402 g/mol. The fourth-order valence-corrected chi connectivity index (χ4v) is 4.76. The highest BCUT2D eigenvalue weighted by Gasteiger charge is 2.26. The van der Waals surface area contributed by atoms with Crippen LogP contribution in [-0.2, 0) is 6.42 Å². The summed E-state index contributed by atoms with van der Waals surface area (Å²) in [5.41, 5.74) is 1.49. The Morgan fingerprint density at radius 2 is 1.93 bits per heavy atom. The molecule has 0 bridgehead atoms. The van der Waals surface area contributed by atoms with Gasteiger partial charge in [-0.2, -0.15) is 0 Å². The number of anilines is 1. The molecule has 0 spiro atoms. The summed E-state index contributed by atoms with van der Waals surface area (Å²) in [6.45, 7) is 8.65. The molecule has 1 amide bonds. The number of hydrogen-bond acceptors (Lipinski definition) is 7. The zero-order valence-electron chi connectivity index (χ0n) is 17.2. The zero-order valence-corrected chi connectivity index (χ0v) is 18.0. The number of rotatable bonds is 4. The number of piperazine rings is 1. The standard InChI is InChI=1S/C21H23N5O3S/c1-4-17-22-19(18-13(2)14(3)30-20(18)23-17)24-8-10-25(11-9-24)21(27)15-6-5-7-16(12-15)26(28)29/h5-7,12H,4,8-11H2,1-3H3. The number of benzene rings is 1. The van der Waals surface area contributed by atoms with Crippen molar-refractivity contribution in [2.75, 3.05) is 31.1 Å². The van der Waals surface area contributed by atoms with Gasteiger partial charge in [-0.15, -0.1) is 11.3 Å². The molecule has 30 heavy (non-hydrogen) atoms. The number of carbonyl (C=O) groups is 1. The third-order valence-electron chi connectivity index (χ3n) is 5.54. The lowest BCUT2D eigenvalue weighted by atomic mass is 10.1. The van der Waals surface area contributed by atoms with Crippen LogP contribution in [-0.4, -0.2) is 51.9 Å². The van der Waals surface area contributed by atoms with Gasteiger partial charge in [0.05, 0.1) is 10.3 Å². The summed E-state index contributed by atoms with van der Waals surface area (Å²) >= 11 is 1.70. The number of nitro groups is 1. The van der Waals surface area contributed by atoms with Gasteiger partial charge in [0, 0.05) is 55.2 Å². The van der Waals surface area contributed by atoms with Crippen LogP contribution < -0.4 is 4.90 Å². The molecule has 1 aromatic carbocycles. The molecule has 3 aromatic rings. The molecule has 0 radical (unpaired) electrons. The first kappa shape index (κ1) is 20.2. The molecule has 1 fully saturated rings. The number of aromatic nitrogens is 2. The zero-order chi connectivity index (χ0) is 21.4. The number of non-ortho nitro benzene ring substituents is 1. The maximum atomic E-state index is 12.8. The lowest BCUT2D eigenvalue weighted by Crippen LogP contribution is -2.49. The molecule has 0 unspecified atom stereocenters. The molecular formula is C21H23N5O3S. The molecule has 2 aromatic heterocycles. The second kappa shape index (κ2) is 7.98. The van der Waals surface area contributed by atoms with Gasteiger partial charge in [-0.1, -0.05) is 13.0 Å². The number of nitro benzene ring substituents is 1. The Hall–Kier alpha value is -3.07. The Morgan fingerprint density at radius 3 is 2.60 bits per heavy atom. The molecule has 1 aliphatic heterocycles. The van der Waals surface area contributed by atoms with Crippen LogP contribution in [0.4, 0.5) is 11.5 Å². The average molecular weight is 426 g/mol. The number of nitrogens with zero attached hydrogens (tertiary/aromatic N) is 5. The third kappa shape index (κ3) is 3.60. The van der Waals surface area contributed by atoms with E-state index in [1.54, 1.807) is 28.4 Å². The first-order chi connectivity index (χ1) is 14.4. The maximum Gasteiger partial charge on any atom is 0.270 e. The Labute approximate surface area is 178 Å². The maximum absolute atomic E-state index is 12.8. The van der Waals surface area contributed by atoms with Crippen molar-refractivity contribution < 1.29 is 9.72 Å². The minimum Gasteiger partial charge on any atom is -0.352 e. The van der Waals surface area contributed by atoms with Crippen LogP contribution in [0.1, 0.15) is 33.5 Å². The van der Waals surface area contributed by atoms with E-state index in [1.807, 2.05) is 6.92 Å². The van der Waals surface area contributed by atoms with Crippen molar-refractivity contribution in [2.45, 2.75) is 27.2 Å². The molecule has 3 heterocycles. The van der Waals surface area contributed by atoms with E-state index in [4.69, 9.17) is 9.97 Å². The van der Waals surface area contributed by atoms with E-state index in [-0.39, 0.29) is 11.6 Å². The van der Waals surface area contributed by atoms with E-state index in [2.05, 4.69) is 18.7 Å². The van der Waals surface area contributed by atoms with Crippen LogP contribution in [0, 0.1) is 24.0 Å². The topological polar surface area (TPSA) is 92.5 Å². The van der Waals surface area contributed by atoms with Crippen molar-refractivity contribution in [3.8, 4) is 0 Å². The molecule has 156 valence electrons. The fourth-order valence-electron chi connectivity index (χ4n) is 3.71. The highest BCUT2D eigenvalue weighted by molar-refractivity contribution is 7.18. The highest BCUT2D eigenvalue weighted by Crippen LogP contribution is 2.35. The summed E-state index contributed by atoms with van der Waals surface area (Å²) in [4.78, 5) is 39.1. The van der Waals surface area contributed by atoms with Gasteiger partial charge in [-0.3, -0.25) is 14.9 Å². The molecule has 1 aliphatic rings. The van der Waals surface area contributed by atoms with Gasteiger partial charge in [0.2, 0.25) is 0 Å². The number of aryl methyl sites for hydroxylation is 3. The van der Waals surface area contributed by atoms with Gasteiger partial charge in [0.25, 0.3) is 11.6 Å². The Kier molecular flexibility index (Phi) is 5.38. The Bertz CT molecular complexity index is 1140. The monoisotopic (exact) mass is 425 g/mol. The normalized spacial score (nSPS) is 14.4. The van der Waals surface area contributed by atoms with Gasteiger partial charge in [0.15, 0.2) is 0 Å². The quantitative estimate of drug-likeness (QED) is 0.467. The van der Waals surface area contributed by atoms with Gasteiger partial charge >= 0.3 is 0 Å². The predicted molar refractivity (Wildman–Crippen MR) is 117 cm³/mol. The first-order valence-electron chi connectivity index (χ1n) is 9.94. The molecule has 0 saturated carbocycles. The van der Waals surface area contributed by atoms with Crippen molar-refractivity contribution in [3.63, 3.8) is 0 Å². The van der Waals surface area contributed by atoms with E-state index in [0.717, 1.165) is 28.3 Å². The third-order valence-corrected chi connectivity index (χ3v) is 6.64. The predicted octanol–water partition coefficient (Wildman–Crippen LogP) is 3.74.